The lowest BCUT2D eigenvalue weighted by atomic mass is 10.3. The Kier molecular flexibility index (Phi) is 3.36. The minimum atomic E-state index is -4.86. The topological polar surface area (TPSA) is 43.1 Å². The molecule has 0 radical (unpaired) electrons. The van der Waals surface area contributed by atoms with Gasteiger partial charge in [0.15, 0.2) is 0 Å². The van der Waals surface area contributed by atoms with E-state index < -0.39 is 44.4 Å². The molecule has 0 saturated heterocycles. The molecule has 1 rings (SSSR count). The number of nitro groups is 1. The van der Waals surface area contributed by atoms with E-state index in [0.29, 0.717) is 0 Å². The third kappa shape index (κ3) is 3.05. The number of thioether (sulfide) groups is 1. The van der Waals surface area contributed by atoms with Gasteiger partial charge in [-0.2, -0.15) is 13.2 Å². The summed E-state index contributed by atoms with van der Waals surface area (Å²) in [5, 5.41) is 10.1. The number of nitrogens with zero attached hydrogens (tertiary/aromatic N) is 1. The van der Waals surface area contributed by atoms with Crippen LogP contribution < -0.4 is 0 Å². The maximum absolute atomic E-state index is 12.9. The summed E-state index contributed by atoms with van der Waals surface area (Å²) in [7, 11) is 0. The first kappa shape index (κ1) is 12.7. The number of alkyl halides is 3. The molecule has 9 heteroatoms. The predicted octanol–water partition coefficient (Wildman–Crippen LogP) is 3.48. The largest absolute Gasteiger partial charge is 0.446 e. The van der Waals surface area contributed by atoms with Gasteiger partial charge in [-0.15, -0.1) is 0 Å². The number of hydrogen-bond donors (Lipinski definition) is 0. The molecule has 0 N–H and O–H groups in total. The van der Waals surface area contributed by atoms with E-state index in [4.69, 9.17) is 0 Å². The van der Waals surface area contributed by atoms with Gasteiger partial charge in [0.2, 0.25) is 0 Å². The quantitative estimate of drug-likeness (QED) is 0.353. The summed E-state index contributed by atoms with van der Waals surface area (Å²) in [6, 6.07) is 0.467. The van der Waals surface area contributed by atoms with E-state index >= 15 is 0 Å². The fourth-order valence-corrected chi connectivity index (χ4v) is 1.41. The number of benzene rings is 1. The Balaban J connectivity index is 3.18. The molecular formula is C7H2F5NO2S. The van der Waals surface area contributed by atoms with E-state index in [-0.39, 0.29) is 12.1 Å². The summed E-state index contributed by atoms with van der Waals surface area (Å²) in [4.78, 5) is 7.73. The summed E-state index contributed by atoms with van der Waals surface area (Å²) in [5.74, 6) is -3.23. The standard InChI is InChI=1S/C7H2F5NO2S/c8-4-1-3(13(14)15)2-5(9)6(4)16-7(10,11)12/h1-2H. The van der Waals surface area contributed by atoms with E-state index in [1.165, 1.54) is 0 Å². The van der Waals surface area contributed by atoms with Crippen LogP contribution in [0.2, 0.25) is 0 Å². The van der Waals surface area contributed by atoms with Gasteiger partial charge in [-0.25, -0.2) is 8.78 Å². The second-order valence-corrected chi connectivity index (χ2v) is 3.62. The molecular weight excluding hydrogens is 257 g/mol. The fourth-order valence-electron chi connectivity index (χ4n) is 0.865. The second kappa shape index (κ2) is 4.24. The van der Waals surface area contributed by atoms with Crippen LogP contribution in [-0.2, 0) is 0 Å². The van der Waals surface area contributed by atoms with Gasteiger partial charge >= 0.3 is 5.51 Å². The Morgan fingerprint density at radius 3 is 1.94 bits per heavy atom. The lowest BCUT2D eigenvalue weighted by Gasteiger charge is -2.07. The van der Waals surface area contributed by atoms with Gasteiger partial charge in [0.25, 0.3) is 5.69 Å². The first-order valence-electron chi connectivity index (χ1n) is 3.60. The maximum Gasteiger partial charge on any atom is 0.446 e. The van der Waals surface area contributed by atoms with Crippen molar-refractivity contribution in [2.24, 2.45) is 0 Å². The van der Waals surface area contributed by atoms with Gasteiger partial charge in [-0.3, -0.25) is 10.1 Å². The van der Waals surface area contributed by atoms with E-state index in [2.05, 4.69) is 0 Å². The van der Waals surface area contributed by atoms with E-state index in [9.17, 15) is 32.1 Å². The van der Waals surface area contributed by atoms with Crippen LogP contribution in [0.25, 0.3) is 0 Å². The molecule has 88 valence electrons. The molecule has 0 saturated carbocycles. The summed E-state index contributed by atoms with van der Waals surface area (Å²) >= 11 is -0.998. The smallest absolute Gasteiger partial charge is 0.258 e. The highest BCUT2D eigenvalue weighted by Crippen LogP contribution is 2.40. The third-order valence-corrected chi connectivity index (χ3v) is 2.24. The van der Waals surface area contributed by atoms with E-state index in [1.54, 1.807) is 0 Å². The molecule has 1 aromatic rings. The number of halogens is 5. The van der Waals surface area contributed by atoms with Crippen molar-refractivity contribution in [2.45, 2.75) is 10.4 Å². The van der Waals surface area contributed by atoms with Crippen molar-refractivity contribution in [3.63, 3.8) is 0 Å². The van der Waals surface area contributed by atoms with Crippen LogP contribution in [0.4, 0.5) is 27.6 Å². The average Bonchev–Trinajstić information content (AvgIpc) is 2.09. The highest BCUT2D eigenvalue weighted by molar-refractivity contribution is 8.00. The Hall–Kier alpha value is -1.38. The van der Waals surface area contributed by atoms with Gasteiger partial charge in [-0.1, -0.05) is 0 Å². The van der Waals surface area contributed by atoms with Crippen molar-refractivity contribution in [1.29, 1.82) is 0 Å². The molecule has 0 atom stereocenters. The molecule has 3 nitrogen and oxygen atoms in total. The highest BCUT2D eigenvalue weighted by atomic mass is 32.2. The maximum atomic E-state index is 12.9. The molecule has 0 heterocycles. The molecule has 1 aromatic carbocycles. The minimum Gasteiger partial charge on any atom is -0.258 e. The SMILES string of the molecule is O=[N+]([O-])c1cc(F)c(SC(F)(F)F)c(F)c1. The van der Waals surface area contributed by atoms with Crippen molar-refractivity contribution in [3.05, 3.63) is 33.9 Å². The van der Waals surface area contributed by atoms with Gasteiger partial charge in [0.05, 0.1) is 22.0 Å². The minimum absolute atomic E-state index is 0.233. The Morgan fingerprint density at radius 1 is 1.19 bits per heavy atom. The molecule has 16 heavy (non-hydrogen) atoms. The van der Waals surface area contributed by atoms with Crippen molar-refractivity contribution in [3.8, 4) is 0 Å². The van der Waals surface area contributed by atoms with E-state index in [0.717, 1.165) is 0 Å². The lowest BCUT2D eigenvalue weighted by molar-refractivity contribution is -0.385. The summed E-state index contributed by atoms with van der Waals surface area (Å²) in [6.07, 6.45) is 0. The van der Waals surface area contributed by atoms with Crippen LogP contribution in [0.1, 0.15) is 0 Å². The molecule has 0 bridgehead atoms. The number of non-ortho nitro benzene ring substituents is 1. The summed E-state index contributed by atoms with van der Waals surface area (Å²) in [5.41, 5.74) is -5.81. The number of nitro benzene ring substituents is 1. The lowest BCUT2D eigenvalue weighted by Crippen LogP contribution is -2.03. The average molecular weight is 259 g/mol. The van der Waals surface area contributed by atoms with Crippen LogP contribution in [0, 0.1) is 21.7 Å². The molecule has 0 aromatic heterocycles. The first-order chi connectivity index (χ1) is 7.20. The fraction of sp³-hybridized carbons (Fsp3) is 0.143. The number of rotatable bonds is 2. The van der Waals surface area contributed by atoms with Crippen molar-refractivity contribution in [1.82, 2.24) is 0 Å². The molecule has 0 unspecified atom stereocenters. The molecule has 0 spiro atoms. The van der Waals surface area contributed by atoms with Gasteiger partial charge in [0.1, 0.15) is 11.6 Å². The Morgan fingerprint density at radius 2 is 1.62 bits per heavy atom. The monoisotopic (exact) mass is 259 g/mol. The Labute approximate surface area is 89.4 Å². The van der Waals surface area contributed by atoms with Crippen LogP contribution in [0.3, 0.4) is 0 Å². The normalized spacial score (nSPS) is 11.6. The predicted molar refractivity (Wildman–Crippen MR) is 44.9 cm³/mol. The van der Waals surface area contributed by atoms with Crippen molar-refractivity contribution in [2.75, 3.05) is 0 Å². The third-order valence-electron chi connectivity index (χ3n) is 1.41. The first-order valence-corrected chi connectivity index (χ1v) is 4.41. The van der Waals surface area contributed by atoms with Crippen LogP contribution in [0.5, 0.6) is 0 Å². The molecule has 0 fully saturated rings. The second-order valence-electron chi connectivity index (χ2n) is 2.54. The van der Waals surface area contributed by atoms with Crippen LogP contribution in [0.15, 0.2) is 17.0 Å². The zero-order valence-electron chi connectivity index (χ0n) is 7.22. The zero-order valence-corrected chi connectivity index (χ0v) is 8.03. The van der Waals surface area contributed by atoms with Crippen LogP contribution >= 0.6 is 11.8 Å². The molecule has 0 amide bonds. The van der Waals surface area contributed by atoms with Gasteiger partial charge in [0, 0.05) is 0 Å². The van der Waals surface area contributed by atoms with Crippen molar-refractivity contribution < 1.29 is 26.9 Å². The van der Waals surface area contributed by atoms with Gasteiger partial charge in [-0.05, 0) is 11.8 Å². The van der Waals surface area contributed by atoms with Gasteiger partial charge < -0.3 is 0 Å². The molecule has 0 aliphatic rings. The van der Waals surface area contributed by atoms with Crippen molar-refractivity contribution >= 4 is 17.4 Å². The van der Waals surface area contributed by atoms with E-state index in [1.807, 2.05) is 0 Å². The summed E-state index contributed by atoms with van der Waals surface area (Å²) in [6.45, 7) is 0. The highest BCUT2D eigenvalue weighted by Gasteiger charge is 2.33. The zero-order chi connectivity index (χ0) is 12.5. The molecule has 0 aliphatic heterocycles. The Bertz CT molecular complexity index is 410. The molecule has 0 aliphatic carbocycles. The summed E-state index contributed by atoms with van der Waals surface area (Å²) < 4.78 is 61.4. The number of hydrogen-bond acceptors (Lipinski definition) is 3. The van der Waals surface area contributed by atoms with Crippen LogP contribution in [-0.4, -0.2) is 10.4 Å².